The van der Waals surface area contributed by atoms with Crippen molar-refractivity contribution >= 4 is 29.2 Å². The molecule has 1 aliphatic carbocycles. The van der Waals surface area contributed by atoms with Crippen molar-refractivity contribution < 1.29 is 4.79 Å². The van der Waals surface area contributed by atoms with Gasteiger partial charge in [0.2, 0.25) is 5.95 Å². The predicted octanol–water partition coefficient (Wildman–Crippen LogP) is 3.70. The Kier molecular flexibility index (Phi) is 5.95. The minimum absolute atomic E-state index is 0.0289. The third kappa shape index (κ3) is 5.31. The van der Waals surface area contributed by atoms with Crippen molar-refractivity contribution in [3.05, 3.63) is 53.3 Å². The van der Waals surface area contributed by atoms with Gasteiger partial charge >= 0.3 is 0 Å². The third-order valence-corrected chi connectivity index (χ3v) is 6.29. The number of amides is 1. The molecule has 3 heterocycles. The lowest BCUT2D eigenvalue weighted by molar-refractivity contribution is 0.0917. The molecule has 0 radical (unpaired) electrons. The Morgan fingerprint density at radius 1 is 1.09 bits per heavy atom. The number of nitrogens with zero attached hydrogens (tertiary/aromatic N) is 4. The topological polar surface area (TPSA) is 111 Å². The molecule has 2 aliphatic rings. The van der Waals surface area contributed by atoms with Gasteiger partial charge in [0.25, 0.3) is 5.91 Å². The first-order valence-corrected chi connectivity index (χ1v) is 11.6. The van der Waals surface area contributed by atoms with E-state index in [4.69, 9.17) is 0 Å². The van der Waals surface area contributed by atoms with Gasteiger partial charge in [0, 0.05) is 46.7 Å². The van der Waals surface area contributed by atoms with Crippen molar-refractivity contribution in [2.45, 2.75) is 44.6 Å². The number of carbonyl (C=O) groups is 1. The van der Waals surface area contributed by atoms with Gasteiger partial charge in [-0.25, -0.2) is 4.98 Å². The standard InChI is InChI=1S/C24H30N8O/c1-15-14-25-24(29-22(15)28-21-13-20(30-31-21)16-3-4-16)27-18-7-5-17(6-8-18)23(33)26-19-9-11-32(2)12-10-19/h5-8,13-14,16,19H,3-4,9-12H2,1-2H3,(H,26,33)(H3,25,27,28,29,30,31). The molecule has 2 fully saturated rings. The summed E-state index contributed by atoms with van der Waals surface area (Å²) in [5.41, 5.74) is 3.56. The number of aromatic amines is 1. The smallest absolute Gasteiger partial charge is 0.251 e. The average molecular weight is 447 g/mol. The van der Waals surface area contributed by atoms with Gasteiger partial charge in [-0.3, -0.25) is 9.89 Å². The summed E-state index contributed by atoms with van der Waals surface area (Å²) < 4.78 is 0. The highest BCUT2D eigenvalue weighted by atomic mass is 16.1. The largest absolute Gasteiger partial charge is 0.349 e. The molecule has 2 aromatic heterocycles. The fourth-order valence-electron chi connectivity index (χ4n) is 4.01. The molecule has 1 saturated heterocycles. The van der Waals surface area contributed by atoms with E-state index in [-0.39, 0.29) is 11.9 Å². The lowest BCUT2D eigenvalue weighted by atomic mass is 10.0. The fourth-order valence-corrected chi connectivity index (χ4v) is 4.01. The van der Waals surface area contributed by atoms with E-state index in [1.165, 1.54) is 18.5 Å². The van der Waals surface area contributed by atoms with Gasteiger partial charge in [0.15, 0.2) is 5.82 Å². The number of likely N-dealkylation sites (tertiary alicyclic amines) is 1. The molecule has 0 bridgehead atoms. The number of aryl methyl sites for hydroxylation is 1. The van der Waals surface area contributed by atoms with Gasteiger partial charge in [-0.1, -0.05) is 0 Å². The fraction of sp³-hybridized carbons (Fsp3) is 0.417. The van der Waals surface area contributed by atoms with Crippen LogP contribution in [0.15, 0.2) is 36.5 Å². The Hall–Kier alpha value is -3.46. The molecule has 9 nitrogen and oxygen atoms in total. The van der Waals surface area contributed by atoms with Gasteiger partial charge in [0.05, 0.1) is 0 Å². The van der Waals surface area contributed by atoms with Gasteiger partial charge in [-0.2, -0.15) is 10.1 Å². The zero-order chi connectivity index (χ0) is 22.8. The van der Waals surface area contributed by atoms with Crippen molar-refractivity contribution in [3.8, 4) is 0 Å². The second kappa shape index (κ2) is 9.19. The van der Waals surface area contributed by atoms with Gasteiger partial charge in [-0.05, 0) is 77.0 Å². The van der Waals surface area contributed by atoms with Crippen molar-refractivity contribution in [1.29, 1.82) is 0 Å². The maximum Gasteiger partial charge on any atom is 0.251 e. The summed E-state index contributed by atoms with van der Waals surface area (Å²) >= 11 is 0. The highest BCUT2D eigenvalue weighted by molar-refractivity contribution is 5.94. The summed E-state index contributed by atoms with van der Waals surface area (Å²) in [4.78, 5) is 23.9. The van der Waals surface area contributed by atoms with Crippen LogP contribution < -0.4 is 16.0 Å². The first-order chi connectivity index (χ1) is 16.0. The van der Waals surface area contributed by atoms with Gasteiger partial charge in [-0.15, -0.1) is 0 Å². The van der Waals surface area contributed by atoms with Crippen LogP contribution in [0.25, 0.3) is 0 Å². The van der Waals surface area contributed by atoms with Crippen molar-refractivity contribution in [3.63, 3.8) is 0 Å². The maximum atomic E-state index is 12.6. The van der Waals surface area contributed by atoms with Crippen LogP contribution in [0.4, 0.5) is 23.3 Å². The predicted molar refractivity (Wildman–Crippen MR) is 128 cm³/mol. The van der Waals surface area contributed by atoms with Crippen LogP contribution >= 0.6 is 0 Å². The molecule has 9 heteroatoms. The van der Waals surface area contributed by atoms with E-state index in [0.717, 1.165) is 43.0 Å². The Labute approximate surface area is 193 Å². The minimum atomic E-state index is -0.0289. The van der Waals surface area contributed by atoms with E-state index in [9.17, 15) is 4.79 Å². The van der Waals surface area contributed by atoms with Crippen molar-refractivity contribution in [2.24, 2.45) is 0 Å². The molecule has 1 amide bonds. The monoisotopic (exact) mass is 446 g/mol. The number of hydrogen-bond acceptors (Lipinski definition) is 7. The first kappa shape index (κ1) is 21.4. The van der Waals surface area contributed by atoms with E-state index in [1.54, 1.807) is 6.20 Å². The lowest BCUT2D eigenvalue weighted by Crippen LogP contribution is -2.43. The van der Waals surface area contributed by atoms with E-state index in [2.05, 4.69) is 48.1 Å². The minimum Gasteiger partial charge on any atom is -0.349 e. The molecule has 0 spiro atoms. The number of benzene rings is 1. The van der Waals surface area contributed by atoms with Crippen LogP contribution in [0.1, 0.15) is 53.2 Å². The van der Waals surface area contributed by atoms with Crippen LogP contribution in [0.5, 0.6) is 0 Å². The molecule has 0 atom stereocenters. The number of aromatic nitrogens is 4. The van der Waals surface area contributed by atoms with E-state index >= 15 is 0 Å². The van der Waals surface area contributed by atoms with Crippen LogP contribution in [0.2, 0.25) is 0 Å². The molecular formula is C24H30N8O. The highest BCUT2D eigenvalue weighted by Gasteiger charge is 2.25. The molecule has 1 aliphatic heterocycles. The van der Waals surface area contributed by atoms with Crippen LogP contribution in [0.3, 0.4) is 0 Å². The molecule has 5 rings (SSSR count). The van der Waals surface area contributed by atoms with Crippen LogP contribution in [0, 0.1) is 6.92 Å². The van der Waals surface area contributed by atoms with Gasteiger partial charge < -0.3 is 20.9 Å². The number of rotatable bonds is 7. The Bertz CT molecular complexity index is 1110. The number of carbonyl (C=O) groups excluding carboxylic acids is 1. The Balaban J connectivity index is 1.20. The number of piperidine rings is 1. The molecule has 0 unspecified atom stereocenters. The molecular weight excluding hydrogens is 416 g/mol. The molecule has 3 aromatic rings. The quantitative estimate of drug-likeness (QED) is 0.438. The number of H-pyrrole nitrogens is 1. The Morgan fingerprint density at radius 2 is 1.85 bits per heavy atom. The number of hydrogen-bond donors (Lipinski definition) is 4. The normalized spacial score (nSPS) is 17.0. The van der Waals surface area contributed by atoms with Crippen LogP contribution in [-0.2, 0) is 0 Å². The van der Waals surface area contributed by atoms with E-state index in [1.807, 2.05) is 37.3 Å². The highest BCUT2D eigenvalue weighted by Crippen LogP contribution is 2.39. The molecule has 4 N–H and O–H groups in total. The molecule has 1 saturated carbocycles. The van der Waals surface area contributed by atoms with Crippen molar-refractivity contribution in [2.75, 3.05) is 30.8 Å². The molecule has 172 valence electrons. The Morgan fingerprint density at radius 3 is 2.58 bits per heavy atom. The second-order valence-corrected chi connectivity index (χ2v) is 9.09. The molecule has 33 heavy (non-hydrogen) atoms. The number of anilines is 4. The zero-order valence-electron chi connectivity index (χ0n) is 19.1. The van der Waals surface area contributed by atoms with Crippen molar-refractivity contribution in [1.82, 2.24) is 30.4 Å². The van der Waals surface area contributed by atoms with E-state index < -0.39 is 0 Å². The maximum absolute atomic E-state index is 12.6. The third-order valence-electron chi connectivity index (χ3n) is 6.29. The van der Waals surface area contributed by atoms with Gasteiger partial charge in [0.1, 0.15) is 5.82 Å². The molecule has 1 aromatic carbocycles. The SMILES string of the molecule is Cc1cnc(Nc2ccc(C(=O)NC3CCN(C)CC3)cc2)nc1Nc1cc(C2CC2)[nH]n1. The summed E-state index contributed by atoms with van der Waals surface area (Å²) in [5, 5.41) is 17.1. The summed E-state index contributed by atoms with van der Waals surface area (Å²) in [6.07, 6.45) is 6.20. The average Bonchev–Trinajstić information content (AvgIpc) is 3.57. The first-order valence-electron chi connectivity index (χ1n) is 11.6. The zero-order valence-corrected chi connectivity index (χ0v) is 19.1. The lowest BCUT2D eigenvalue weighted by Gasteiger charge is -2.29. The summed E-state index contributed by atoms with van der Waals surface area (Å²) in [6, 6.07) is 9.67. The van der Waals surface area contributed by atoms with Crippen LogP contribution in [-0.4, -0.2) is 57.2 Å². The summed E-state index contributed by atoms with van der Waals surface area (Å²) in [7, 11) is 2.11. The summed E-state index contributed by atoms with van der Waals surface area (Å²) in [5.74, 6) is 2.52. The van der Waals surface area contributed by atoms with E-state index in [0.29, 0.717) is 23.2 Å². The number of nitrogens with one attached hydrogen (secondary N) is 4. The summed E-state index contributed by atoms with van der Waals surface area (Å²) in [6.45, 7) is 3.99. The second-order valence-electron chi connectivity index (χ2n) is 9.09.